The van der Waals surface area contributed by atoms with Crippen molar-refractivity contribution in [3.05, 3.63) is 42.4 Å². The predicted octanol–water partition coefficient (Wildman–Crippen LogP) is 2.78. The fourth-order valence-electron chi connectivity index (χ4n) is 1.73. The van der Waals surface area contributed by atoms with E-state index in [1.54, 1.807) is 19.5 Å². The van der Waals surface area contributed by atoms with E-state index in [0.29, 0.717) is 23.9 Å². The smallest absolute Gasteiger partial charge is 0.238 e. The van der Waals surface area contributed by atoms with Crippen molar-refractivity contribution in [2.24, 2.45) is 0 Å². The Morgan fingerprint density at radius 3 is 2.70 bits per heavy atom. The molecule has 5 heteroatoms. The lowest BCUT2D eigenvalue weighted by atomic mass is 10.3. The van der Waals surface area contributed by atoms with Crippen LogP contribution in [-0.2, 0) is 6.54 Å². The maximum absolute atomic E-state index is 5.72. The molecule has 1 N–H and O–H groups in total. The molecule has 0 aliphatic rings. The highest BCUT2D eigenvalue weighted by atomic mass is 16.5. The maximum Gasteiger partial charge on any atom is 0.238 e. The third kappa shape index (κ3) is 3.93. The average molecular weight is 273 g/mol. The van der Waals surface area contributed by atoms with Crippen LogP contribution in [0.4, 0.5) is 0 Å². The third-order valence-electron chi connectivity index (χ3n) is 2.68. The Bertz CT molecular complexity index is 546. The molecule has 1 aromatic heterocycles. The van der Waals surface area contributed by atoms with Crippen LogP contribution in [0.3, 0.4) is 0 Å². The minimum atomic E-state index is 0.463. The summed E-state index contributed by atoms with van der Waals surface area (Å²) in [5.74, 6) is 1.76. The highest BCUT2D eigenvalue weighted by Gasteiger charge is 2.06. The monoisotopic (exact) mass is 273 g/mol. The van der Waals surface area contributed by atoms with Gasteiger partial charge in [0.05, 0.1) is 19.0 Å². The van der Waals surface area contributed by atoms with Crippen LogP contribution >= 0.6 is 0 Å². The van der Waals surface area contributed by atoms with Crippen molar-refractivity contribution in [2.75, 3.05) is 13.7 Å². The van der Waals surface area contributed by atoms with Crippen molar-refractivity contribution >= 4 is 0 Å². The van der Waals surface area contributed by atoms with Crippen molar-refractivity contribution in [2.45, 2.75) is 19.9 Å². The van der Waals surface area contributed by atoms with Crippen LogP contribution in [0.2, 0.25) is 0 Å². The highest BCUT2D eigenvalue weighted by molar-refractivity contribution is 5.41. The Morgan fingerprint density at radius 2 is 1.95 bits per heavy atom. The fourth-order valence-corrected chi connectivity index (χ4v) is 1.73. The third-order valence-corrected chi connectivity index (χ3v) is 2.68. The van der Waals surface area contributed by atoms with Gasteiger partial charge in [-0.15, -0.1) is 0 Å². The summed E-state index contributed by atoms with van der Waals surface area (Å²) in [5, 5.41) is 3.28. The quantitative estimate of drug-likeness (QED) is 0.786. The van der Waals surface area contributed by atoms with Crippen molar-refractivity contribution in [3.63, 3.8) is 0 Å². The summed E-state index contributed by atoms with van der Waals surface area (Å²) in [7, 11) is 1.61. The summed E-state index contributed by atoms with van der Waals surface area (Å²) in [6, 6.07) is 7.46. The highest BCUT2D eigenvalue weighted by Crippen LogP contribution is 2.29. The Kier molecular flexibility index (Phi) is 5.32. The molecule has 0 aliphatic heterocycles. The van der Waals surface area contributed by atoms with E-state index in [2.05, 4.69) is 22.2 Å². The van der Waals surface area contributed by atoms with Crippen LogP contribution in [0, 0.1) is 0 Å². The van der Waals surface area contributed by atoms with Gasteiger partial charge in [0.1, 0.15) is 0 Å². The summed E-state index contributed by atoms with van der Waals surface area (Å²) < 4.78 is 11.0. The van der Waals surface area contributed by atoms with Crippen LogP contribution in [0.15, 0.2) is 36.7 Å². The van der Waals surface area contributed by atoms with E-state index < -0.39 is 0 Å². The minimum absolute atomic E-state index is 0.463. The Hall–Kier alpha value is -2.14. The van der Waals surface area contributed by atoms with E-state index in [1.807, 2.05) is 24.3 Å². The van der Waals surface area contributed by atoms with E-state index in [-0.39, 0.29) is 0 Å². The zero-order valence-corrected chi connectivity index (χ0v) is 11.8. The van der Waals surface area contributed by atoms with E-state index in [9.17, 15) is 0 Å². The number of methoxy groups -OCH3 is 1. The van der Waals surface area contributed by atoms with Gasteiger partial charge in [-0.2, -0.15) is 0 Å². The Morgan fingerprint density at radius 1 is 1.15 bits per heavy atom. The predicted molar refractivity (Wildman–Crippen MR) is 77.1 cm³/mol. The van der Waals surface area contributed by atoms with Gasteiger partial charge < -0.3 is 14.8 Å². The molecule has 2 rings (SSSR count). The van der Waals surface area contributed by atoms with Crippen molar-refractivity contribution in [1.82, 2.24) is 15.3 Å². The first-order valence-corrected chi connectivity index (χ1v) is 6.66. The van der Waals surface area contributed by atoms with Crippen LogP contribution in [-0.4, -0.2) is 23.6 Å². The van der Waals surface area contributed by atoms with Gasteiger partial charge in [0, 0.05) is 12.7 Å². The summed E-state index contributed by atoms with van der Waals surface area (Å²) >= 11 is 0. The normalized spacial score (nSPS) is 10.3. The molecular weight excluding hydrogens is 254 g/mol. The molecule has 20 heavy (non-hydrogen) atoms. The lowest BCUT2D eigenvalue weighted by Crippen LogP contribution is -2.15. The number of hydrogen-bond acceptors (Lipinski definition) is 5. The number of nitrogens with one attached hydrogen (secondary N) is 1. The lowest BCUT2D eigenvalue weighted by molar-refractivity contribution is 0.373. The fraction of sp³-hybridized carbons (Fsp3) is 0.333. The van der Waals surface area contributed by atoms with E-state index in [1.165, 1.54) is 0 Å². The van der Waals surface area contributed by atoms with Gasteiger partial charge in [0.2, 0.25) is 5.88 Å². The first kappa shape index (κ1) is 14.3. The van der Waals surface area contributed by atoms with E-state index in [0.717, 1.165) is 18.7 Å². The molecule has 0 atom stereocenters. The van der Waals surface area contributed by atoms with Gasteiger partial charge in [0.15, 0.2) is 11.5 Å². The second-order valence-corrected chi connectivity index (χ2v) is 4.28. The SMILES string of the molecule is CCCNCc1cncc(Oc2ccccc2OC)n1. The zero-order chi connectivity index (χ0) is 14.2. The summed E-state index contributed by atoms with van der Waals surface area (Å²) in [5.41, 5.74) is 0.853. The number of rotatable bonds is 7. The number of aromatic nitrogens is 2. The van der Waals surface area contributed by atoms with Gasteiger partial charge >= 0.3 is 0 Å². The summed E-state index contributed by atoms with van der Waals surface area (Å²) in [4.78, 5) is 8.56. The van der Waals surface area contributed by atoms with E-state index >= 15 is 0 Å². The molecule has 0 bridgehead atoms. The lowest BCUT2D eigenvalue weighted by Gasteiger charge is -2.09. The molecule has 0 amide bonds. The molecule has 0 fully saturated rings. The summed E-state index contributed by atoms with van der Waals surface area (Å²) in [6.45, 7) is 3.77. The van der Waals surface area contributed by atoms with E-state index in [4.69, 9.17) is 9.47 Å². The molecule has 0 aliphatic carbocycles. The van der Waals surface area contributed by atoms with Crippen LogP contribution in [0.5, 0.6) is 17.4 Å². The molecule has 0 spiro atoms. The van der Waals surface area contributed by atoms with Gasteiger partial charge in [-0.3, -0.25) is 4.98 Å². The zero-order valence-electron chi connectivity index (χ0n) is 11.8. The van der Waals surface area contributed by atoms with Crippen LogP contribution < -0.4 is 14.8 Å². The van der Waals surface area contributed by atoms with Crippen LogP contribution in [0.1, 0.15) is 19.0 Å². The molecule has 0 saturated carbocycles. The topological polar surface area (TPSA) is 56.3 Å². The van der Waals surface area contributed by atoms with Gasteiger partial charge in [-0.05, 0) is 25.1 Å². The van der Waals surface area contributed by atoms with Crippen molar-refractivity contribution in [3.8, 4) is 17.4 Å². The average Bonchev–Trinajstić information content (AvgIpc) is 2.48. The van der Waals surface area contributed by atoms with Gasteiger partial charge in [-0.25, -0.2) is 4.98 Å². The first-order valence-electron chi connectivity index (χ1n) is 6.66. The number of para-hydroxylation sites is 2. The minimum Gasteiger partial charge on any atom is -0.493 e. The number of hydrogen-bond donors (Lipinski definition) is 1. The second kappa shape index (κ2) is 7.45. The number of ether oxygens (including phenoxy) is 2. The molecule has 1 aromatic carbocycles. The molecule has 5 nitrogen and oxygen atoms in total. The first-order chi connectivity index (χ1) is 9.83. The molecular formula is C15H19N3O2. The van der Waals surface area contributed by atoms with Gasteiger partial charge in [0.25, 0.3) is 0 Å². The second-order valence-electron chi connectivity index (χ2n) is 4.28. The van der Waals surface area contributed by atoms with Crippen LogP contribution in [0.25, 0.3) is 0 Å². The Labute approximate surface area is 119 Å². The Balaban J connectivity index is 2.07. The van der Waals surface area contributed by atoms with Gasteiger partial charge in [-0.1, -0.05) is 19.1 Å². The molecule has 0 unspecified atom stereocenters. The standard InChI is InChI=1S/C15H19N3O2/c1-3-8-16-9-12-10-17-11-15(18-12)20-14-7-5-4-6-13(14)19-2/h4-7,10-11,16H,3,8-9H2,1-2H3. The van der Waals surface area contributed by atoms with Crippen molar-refractivity contribution < 1.29 is 9.47 Å². The number of nitrogens with zero attached hydrogens (tertiary/aromatic N) is 2. The molecule has 0 radical (unpaired) electrons. The van der Waals surface area contributed by atoms with Crippen molar-refractivity contribution in [1.29, 1.82) is 0 Å². The number of benzene rings is 1. The maximum atomic E-state index is 5.72. The molecule has 1 heterocycles. The molecule has 2 aromatic rings. The summed E-state index contributed by atoms with van der Waals surface area (Å²) in [6.07, 6.45) is 4.42. The molecule has 0 saturated heterocycles. The largest absolute Gasteiger partial charge is 0.493 e. The molecule has 106 valence electrons.